The molecule has 0 bridgehead atoms. The Bertz CT molecular complexity index is 381. The van der Waals surface area contributed by atoms with Crippen LogP contribution < -0.4 is 5.32 Å². The van der Waals surface area contributed by atoms with Crippen LogP contribution in [0.25, 0.3) is 0 Å². The average molecular weight is 275 g/mol. The Morgan fingerprint density at radius 2 is 1.85 bits per heavy atom. The molecule has 0 fully saturated rings. The fourth-order valence-electron chi connectivity index (χ4n) is 1.86. The van der Waals surface area contributed by atoms with E-state index in [9.17, 15) is 0 Å². The van der Waals surface area contributed by atoms with Gasteiger partial charge in [0.2, 0.25) is 0 Å². The summed E-state index contributed by atoms with van der Waals surface area (Å²) in [6.45, 7) is 14.0. The number of hydrogen-bond acceptors (Lipinski definition) is 2. The number of benzene rings is 1. The molecule has 0 radical (unpaired) electrons. The predicted octanol–water partition coefficient (Wildman–Crippen LogP) is 3.96. The van der Waals surface area contributed by atoms with Crippen molar-refractivity contribution in [3.63, 3.8) is 0 Å². The molecule has 112 valence electrons. The number of nitrogens with one attached hydrogen (secondary N) is 1. The van der Waals surface area contributed by atoms with Crippen LogP contribution in [-0.2, 0) is 17.8 Å². The summed E-state index contributed by atoms with van der Waals surface area (Å²) in [7, 11) is 0. The second-order valence-electron chi connectivity index (χ2n) is 5.92. The lowest BCUT2D eigenvalue weighted by Gasteiger charge is -2.08. The first-order valence-electron chi connectivity index (χ1n) is 7.58. The van der Waals surface area contributed by atoms with Gasteiger partial charge in [-0.1, -0.05) is 43.7 Å². The van der Waals surface area contributed by atoms with Gasteiger partial charge in [-0.3, -0.25) is 0 Å². The lowest BCUT2D eigenvalue weighted by Crippen LogP contribution is -2.22. The minimum atomic E-state index is 0.694. The van der Waals surface area contributed by atoms with E-state index in [1.807, 2.05) is 6.92 Å². The first-order valence-corrected chi connectivity index (χ1v) is 7.58. The van der Waals surface area contributed by atoms with Gasteiger partial charge in [0.25, 0.3) is 0 Å². The van der Waals surface area contributed by atoms with Gasteiger partial charge in [0, 0.05) is 0 Å². The van der Waals surface area contributed by atoms with Crippen molar-refractivity contribution >= 4 is 0 Å². The molecule has 0 atom stereocenters. The largest absolute Gasteiger partial charge is 0.376 e. The standard InChI is InChI=1S/C18H29NO/c1-15(2)10-12-20-14-18-7-5-17(6-8-18)9-11-19-13-16(3)4/h5-8,16,19H,1,9-14H2,2-4H3. The van der Waals surface area contributed by atoms with Crippen molar-refractivity contribution in [1.82, 2.24) is 5.32 Å². The predicted molar refractivity (Wildman–Crippen MR) is 86.9 cm³/mol. The van der Waals surface area contributed by atoms with E-state index in [-0.39, 0.29) is 0 Å². The second-order valence-corrected chi connectivity index (χ2v) is 5.92. The molecule has 1 N–H and O–H groups in total. The van der Waals surface area contributed by atoms with Crippen LogP contribution in [0.2, 0.25) is 0 Å². The van der Waals surface area contributed by atoms with Crippen molar-refractivity contribution in [3.8, 4) is 0 Å². The summed E-state index contributed by atoms with van der Waals surface area (Å²) in [5, 5.41) is 3.47. The molecule has 0 saturated carbocycles. The van der Waals surface area contributed by atoms with Gasteiger partial charge in [-0.15, -0.1) is 6.58 Å². The van der Waals surface area contributed by atoms with E-state index in [2.05, 4.69) is 50.0 Å². The first kappa shape index (κ1) is 16.9. The molecule has 1 aromatic rings. The maximum absolute atomic E-state index is 5.62. The minimum Gasteiger partial charge on any atom is -0.376 e. The third kappa shape index (κ3) is 8.13. The average Bonchev–Trinajstić information content (AvgIpc) is 2.41. The monoisotopic (exact) mass is 275 g/mol. The van der Waals surface area contributed by atoms with Crippen LogP contribution >= 0.6 is 0 Å². The summed E-state index contributed by atoms with van der Waals surface area (Å²) in [6.07, 6.45) is 2.03. The Morgan fingerprint density at radius 1 is 1.20 bits per heavy atom. The van der Waals surface area contributed by atoms with Gasteiger partial charge in [0.15, 0.2) is 0 Å². The van der Waals surface area contributed by atoms with E-state index in [0.29, 0.717) is 12.5 Å². The second kappa shape index (κ2) is 9.73. The Labute approximate surface area is 124 Å². The summed E-state index contributed by atoms with van der Waals surface area (Å²) < 4.78 is 5.62. The molecule has 0 saturated heterocycles. The van der Waals surface area contributed by atoms with E-state index < -0.39 is 0 Å². The molecule has 0 aliphatic heterocycles. The molecule has 0 aliphatic rings. The van der Waals surface area contributed by atoms with Crippen molar-refractivity contribution in [3.05, 3.63) is 47.5 Å². The quantitative estimate of drug-likeness (QED) is 0.515. The topological polar surface area (TPSA) is 21.3 Å². The molecule has 0 heterocycles. The smallest absolute Gasteiger partial charge is 0.0717 e. The molecule has 2 heteroatoms. The fourth-order valence-corrected chi connectivity index (χ4v) is 1.86. The van der Waals surface area contributed by atoms with E-state index in [1.165, 1.54) is 16.7 Å². The van der Waals surface area contributed by atoms with Crippen LogP contribution in [0.1, 0.15) is 38.3 Å². The molecule has 0 unspecified atom stereocenters. The first-order chi connectivity index (χ1) is 9.58. The van der Waals surface area contributed by atoms with Crippen LogP contribution in [-0.4, -0.2) is 19.7 Å². The minimum absolute atomic E-state index is 0.694. The zero-order chi connectivity index (χ0) is 14.8. The molecule has 1 rings (SSSR count). The van der Waals surface area contributed by atoms with E-state index in [4.69, 9.17) is 4.74 Å². The van der Waals surface area contributed by atoms with Crippen molar-refractivity contribution < 1.29 is 4.74 Å². The van der Waals surface area contributed by atoms with Crippen molar-refractivity contribution in [2.75, 3.05) is 19.7 Å². The van der Waals surface area contributed by atoms with Gasteiger partial charge in [0.1, 0.15) is 0 Å². The van der Waals surface area contributed by atoms with Crippen LogP contribution in [0.15, 0.2) is 36.4 Å². The molecule has 0 amide bonds. The number of hydrogen-bond donors (Lipinski definition) is 1. The highest BCUT2D eigenvalue weighted by Gasteiger charge is 1.97. The molecule has 2 nitrogen and oxygen atoms in total. The van der Waals surface area contributed by atoms with Gasteiger partial charge < -0.3 is 10.1 Å². The number of ether oxygens (including phenoxy) is 1. The number of rotatable bonds is 10. The molecule has 0 aliphatic carbocycles. The molecule has 0 aromatic heterocycles. The molecule has 20 heavy (non-hydrogen) atoms. The summed E-state index contributed by atoms with van der Waals surface area (Å²) >= 11 is 0. The van der Waals surface area contributed by atoms with Crippen LogP contribution in [0, 0.1) is 5.92 Å². The molecular weight excluding hydrogens is 246 g/mol. The van der Waals surface area contributed by atoms with Crippen molar-refractivity contribution in [2.45, 2.75) is 40.2 Å². The third-order valence-electron chi connectivity index (χ3n) is 3.11. The Balaban J connectivity index is 2.20. The Hall–Kier alpha value is -1.12. The maximum atomic E-state index is 5.62. The molecular formula is C18H29NO. The normalized spacial score (nSPS) is 11.0. The van der Waals surface area contributed by atoms with E-state index in [0.717, 1.165) is 32.5 Å². The van der Waals surface area contributed by atoms with Crippen LogP contribution in [0.3, 0.4) is 0 Å². The van der Waals surface area contributed by atoms with Gasteiger partial charge in [0.05, 0.1) is 13.2 Å². The van der Waals surface area contributed by atoms with Crippen molar-refractivity contribution in [1.29, 1.82) is 0 Å². The van der Waals surface area contributed by atoms with Crippen LogP contribution in [0.5, 0.6) is 0 Å². The van der Waals surface area contributed by atoms with Gasteiger partial charge in [-0.25, -0.2) is 0 Å². The SMILES string of the molecule is C=C(C)CCOCc1ccc(CCNCC(C)C)cc1. The third-order valence-corrected chi connectivity index (χ3v) is 3.11. The Kier molecular flexibility index (Phi) is 8.24. The van der Waals surface area contributed by atoms with E-state index >= 15 is 0 Å². The zero-order valence-corrected chi connectivity index (χ0v) is 13.2. The summed E-state index contributed by atoms with van der Waals surface area (Å²) in [6, 6.07) is 8.74. The highest BCUT2D eigenvalue weighted by atomic mass is 16.5. The summed E-state index contributed by atoms with van der Waals surface area (Å²) in [5.41, 5.74) is 3.80. The van der Waals surface area contributed by atoms with Gasteiger partial charge in [-0.05, 0) is 49.9 Å². The van der Waals surface area contributed by atoms with Gasteiger partial charge in [-0.2, -0.15) is 0 Å². The summed E-state index contributed by atoms with van der Waals surface area (Å²) in [5.74, 6) is 0.716. The lowest BCUT2D eigenvalue weighted by molar-refractivity contribution is 0.124. The van der Waals surface area contributed by atoms with Crippen molar-refractivity contribution in [2.24, 2.45) is 5.92 Å². The highest BCUT2D eigenvalue weighted by molar-refractivity contribution is 5.22. The van der Waals surface area contributed by atoms with Crippen LogP contribution in [0.4, 0.5) is 0 Å². The fraction of sp³-hybridized carbons (Fsp3) is 0.556. The van der Waals surface area contributed by atoms with E-state index in [1.54, 1.807) is 0 Å². The summed E-state index contributed by atoms with van der Waals surface area (Å²) in [4.78, 5) is 0. The molecule has 1 aromatic carbocycles. The molecule has 0 spiro atoms. The zero-order valence-electron chi connectivity index (χ0n) is 13.2. The lowest BCUT2D eigenvalue weighted by atomic mass is 10.1. The van der Waals surface area contributed by atoms with Gasteiger partial charge >= 0.3 is 0 Å². The highest BCUT2D eigenvalue weighted by Crippen LogP contribution is 2.07. The maximum Gasteiger partial charge on any atom is 0.0717 e. The Morgan fingerprint density at radius 3 is 2.45 bits per heavy atom.